The molecule has 0 bridgehead atoms. The highest BCUT2D eigenvalue weighted by atomic mass is 16.2. The number of para-hydroxylation sites is 1. The molecule has 2 aromatic heterocycles. The van der Waals surface area contributed by atoms with E-state index in [4.69, 9.17) is 0 Å². The second-order valence-corrected chi connectivity index (χ2v) is 6.88. The Hall–Kier alpha value is -2.82. The normalized spacial score (nSPS) is 14.1. The minimum atomic E-state index is -0.303. The van der Waals surface area contributed by atoms with Crippen molar-refractivity contribution in [3.8, 4) is 0 Å². The lowest BCUT2D eigenvalue weighted by atomic mass is 10.1. The maximum absolute atomic E-state index is 12.8. The molecule has 5 heteroatoms. The average Bonchev–Trinajstić information content (AvgIpc) is 2.98. The van der Waals surface area contributed by atoms with Crippen LogP contribution in [0.5, 0.6) is 0 Å². The van der Waals surface area contributed by atoms with Gasteiger partial charge in [0.2, 0.25) is 0 Å². The zero-order chi connectivity index (χ0) is 17.6. The third kappa shape index (κ3) is 2.65. The third-order valence-electron chi connectivity index (χ3n) is 4.91. The van der Waals surface area contributed by atoms with Crippen molar-refractivity contribution in [2.45, 2.75) is 32.9 Å². The number of nitrogens with one attached hydrogen (secondary N) is 1. The van der Waals surface area contributed by atoms with Crippen molar-refractivity contribution in [1.82, 2.24) is 14.5 Å². The molecule has 1 amide bonds. The molecule has 128 valence electrons. The largest absolute Gasteiger partial charge is 0.341 e. The fourth-order valence-electron chi connectivity index (χ4n) is 3.50. The zero-order valence-corrected chi connectivity index (χ0v) is 14.5. The highest BCUT2D eigenvalue weighted by Crippen LogP contribution is 2.24. The van der Waals surface area contributed by atoms with Gasteiger partial charge in [0.05, 0.1) is 6.54 Å². The minimum absolute atomic E-state index is 0.201. The monoisotopic (exact) mass is 335 g/mol. The molecule has 1 N–H and O–H groups in total. The predicted molar refractivity (Wildman–Crippen MR) is 97.8 cm³/mol. The van der Waals surface area contributed by atoms with Gasteiger partial charge in [0.1, 0.15) is 5.56 Å². The van der Waals surface area contributed by atoms with E-state index in [9.17, 15) is 9.59 Å². The van der Waals surface area contributed by atoms with E-state index < -0.39 is 0 Å². The molecule has 3 heterocycles. The molecule has 0 atom stereocenters. The van der Waals surface area contributed by atoms with E-state index in [0.29, 0.717) is 13.1 Å². The summed E-state index contributed by atoms with van der Waals surface area (Å²) in [5.74, 6) is 0.0237. The van der Waals surface area contributed by atoms with Crippen molar-refractivity contribution in [1.29, 1.82) is 0 Å². The quantitative estimate of drug-likeness (QED) is 0.782. The Morgan fingerprint density at radius 1 is 1.12 bits per heavy atom. The molecule has 0 radical (unpaired) electrons. The second kappa shape index (κ2) is 5.92. The summed E-state index contributed by atoms with van der Waals surface area (Å²) in [6, 6.07) is 13.9. The van der Waals surface area contributed by atoms with Crippen LogP contribution in [0.4, 0.5) is 0 Å². The number of benzene rings is 1. The van der Waals surface area contributed by atoms with E-state index in [1.54, 1.807) is 11.0 Å². The zero-order valence-electron chi connectivity index (χ0n) is 14.5. The van der Waals surface area contributed by atoms with Gasteiger partial charge in [-0.15, -0.1) is 0 Å². The van der Waals surface area contributed by atoms with E-state index in [1.165, 1.54) is 10.9 Å². The van der Waals surface area contributed by atoms with Crippen LogP contribution in [0, 0.1) is 0 Å². The molecular weight excluding hydrogens is 314 g/mol. The molecule has 1 aliphatic rings. The first-order chi connectivity index (χ1) is 12.0. The van der Waals surface area contributed by atoms with Crippen LogP contribution >= 0.6 is 0 Å². The van der Waals surface area contributed by atoms with Crippen molar-refractivity contribution in [2.24, 2.45) is 0 Å². The van der Waals surface area contributed by atoms with Crippen LogP contribution in [-0.4, -0.2) is 26.9 Å². The summed E-state index contributed by atoms with van der Waals surface area (Å²) < 4.78 is 2.26. The van der Waals surface area contributed by atoms with Crippen LogP contribution in [0.3, 0.4) is 0 Å². The number of aromatic amines is 1. The lowest BCUT2D eigenvalue weighted by molar-refractivity contribution is 0.0710. The van der Waals surface area contributed by atoms with Gasteiger partial charge in [0, 0.05) is 30.0 Å². The lowest BCUT2D eigenvalue weighted by Crippen LogP contribution is -2.40. The van der Waals surface area contributed by atoms with Crippen LogP contribution in [0.2, 0.25) is 0 Å². The van der Waals surface area contributed by atoms with Crippen molar-refractivity contribution < 1.29 is 4.79 Å². The molecule has 0 fully saturated rings. The van der Waals surface area contributed by atoms with E-state index in [2.05, 4.69) is 27.8 Å². The summed E-state index contributed by atoms with van der Waals surface area (Å²) in [5, 5.41) is 1.19. The molecular formula is C20H21N3O2. The highest BCUT2D eigenvalue weighted by molar-refractivity contribution is 5.94. The Morgan fingerprint density at radius 3 is 2.68 bits per heavy atom. The van der Waals surface area contributed by atoms with Gasteiger partial charge in [0.15, 0.2) is 0 Å². The van der Waals surface area contributed by atoms with Gasteiger partial charge in [0.25, 0.3) is 11.5 Å². The Kier molecular flexibility index (Phi) is 3.71. The summed E-state index contributed by atoms with van der Waals surface area (Å²) in [5.41, 5.74) is 3.07. The van der Waals surface area contributed by atoms with Gasteiger partial charge >= 0.3 is 0 Å². The summed E-state index contributed by atoms with van der Waals surface area (Å²) in [6.45, 7) is 5.90. The number of aromatic nitrogens is 2. The SMILES string of the molecule is CC(C)c1ccc(C(=O)N2CCn3c(cc4ccccc43)C2)c(=O)[nH]1. The molecule has 0 spiro atoms. The van der Waals surface area contributed by atoms with Crippen molar-refractivity contribution in [2.75, 3.05) is 6.54 Å². The number of amides is 1. The number of fused-ring (bicyclic) bond motifs is 3. The predicted octanol–water partition coefficient (Wildman–Crippen LogP) is 3.11. The van der Waals surface area contributed by atoms with Gasteiger partial charge in [-0.1, -0.05) is 32.0 Å². The lowest BCUT2D eigenvalue weighted by Gasteiger charge is -2.29. The van der Waals surface area contributed by atoms with E-state index in [-0.39, 0.29) is 22.9 Å². The second-order valence-electron chi connectivity index (χ2n) is 6.88. The maximum atomic E-state index is 12.8. The van der Waals surface area contributed by atoms with Crippen LogP contribution in [-0.2, 0) is 13.1 Å². The van der Waals surface area contributed by atoms with Gasteiger partial charge in [-0.3, -0.25) is 9.59 Å². The number of H-pyrrole nitrogens is 1. The topological polar surface area (TPSA) is 58.1 Å². The van der Waals surface area contributed by atoms with E-state index >= 15 is 0 Å². The number of nitrogens with zero attached hydrogens (tertiary/aromatic N) is 2. The Balaban J connectivity index is 1.63. The molecule has 0 aliphatic carbocycles. The van der Waals surface area contributed by atoms with Crippen molar-refractivity contribution >= 4 is 16.8 Å². The van der Waals surface area contributed by atoms with Crippen LogP contribution in [0.1, 0.15) is 41.5 Å². The third-order valence-corrected chi connectivity index (χ3v) is 4.91. The smallest absolute Gasteiger partial charge is 0.261 e. The number of hydrogen-bond acceptors (Lipinski definition) is 2. The molecule has 0 saturated carbocycles. The summed E-state index contributed by atoms with van der Waals surface area (Å²) in [7, 11) is 0. The highest BCUT2D eigenvalue weighted by Gasteiger charge is 2.25. The Morgan fingerprint density at radius 2 is 1.92 bits per heavy atom. The first kappa shape index (κ1) is 15.7. The van der Waals surface area contributed by atoms with Gasteiger partial charge in [-0.05, 0) is 35.6 Å². The van der Waals surface area contributed by atoms with Gasteiger partial charge in [-0.2, -0.15) is 0 Å². The molecule has 1 aromatic carbocycles. The Labute approximate surface area is 145 Å². The average molecular weight is 335 g/mol. The van der Waals surface area contributed by atoms with Gasteiger partial charge < -0.3 is 14.5 Å². The molecule has 5 nitrogen and oxygen atoms in total. The molecule has 4 rings (SSSR count). The van der Waals surface area contributed by atoms with E-state index in [1.807, 2.05) is 32.0 Å². The fourth-order valence-corrected chi connectivity index (χ4v) is 3.50. The summed E-state index contributed by atoms with van der Waals surface area (Å²) in [4.78, 5) is 29.7. The standard InChI is InChI=1S/C20H21N3O2/c1-13(2)17-8-7-16(19(24)21-17)20(25)22-9-10-23-15(12-22)11-14-5-3-4-6-18(14)23/h3-8,11,13H,9-10,12H2,1-2H3,(H,21,24). The number of pyridine rings is 1. The first-order valence-electron chi connectivity index (χ1n) is 8.64. The van der Waals surface area contributed by atoms with Crippen molar-refractivity contribution in [3.05, 3.63) is 69.8 Å². The van der Waals surface area contributed by atoms with Crippen molar-refractivity contribution in [3.63, 3.8) is 0 Å². The molecule has 0 saturated heterocycles. The molecule has 0 unspecified atom stereocenters. The number of carbonyl (C=O) groups is 1. The van der Waals surface area contributed by atoms with Crippen LogP contribution in [0.15, 0.2) is 47.3 Å². The summed E-state index contributed by atoms with van der Waals surface area (Å²) in [6.07, 6.45) is 0. The summed E-state index contributed by atoms with van der Waals surface area (Å²) >= 11 is 0. The first-order valence-corrected chi connectivity index (χ1v) is 8.64. The molecule has 1 aliphatic heterocycles. The number of carbonyl (C=O) groups excluding carboxylic acids is 1. The maximum Gasteiger partial charge on any atom is 0.261 e. The number of rotatable bonds is 2. The molecule has 3 aromatic rings. The number of hydrogen-bond donors (Lipinski definition) is 1. The van der Waals surface area contributed by atoms with E-state index in [0.717, 1.165) is 17.9 Å². The Bertz CT molecular complexity index is 1010. The molecule has 25 heavy (non-hydrogen) atoms. The van der Waals surface area contributed by atoms with Gasteiger partial charge in [-0.25, -0.2) is 0 Å². The van der Waals surface area contributed by atoms with Crippen LogP contribution < -0.4 is 5.56 Å². The fraction of sp³-hybridized carbons (Fsp3) is 0.300. The minimum Gasteiger partial charge on any atom is -0.341 e. The van der Waals surface area contributed by atoms with Crippen LogP contribution in [0.25, 0.3) is 10.9 Å².